The predicted molar refractivity (Wildman–Crippen MR) is 137 cm³/mol. The van der Waals surface area contributed by atoms with Gasteiger partial charge >= 0.3 is 0 Å². The zero-order chi connectivity index (χ0) is 24.2. The average Bonchev–Trinajstić information content (AvgIpc) is 3.25. The highest BCUT2D eigenvalue weighted by molar-refractivity contribution is 5.62. The van der Waals surface area contributed by atoms with Gasteiger partial charge < -0.3 is 36.2 Å². The number of hydrogen-bond acceptors (Lipinski definition) is 11. The van der Waals surface area contributed by atoms with Gasteiger partial charge in [-0.15, -0.1) is 5.10 Å². The van der Waals surface area contributed by atoms with Crippen molar-refractivity contribution in [3.05, 3.63) is 30.6 Å². The van der Waals surface area contributed by atoms with Gasteiger partial charge in [0.2, 0.25) is 23.5 Å². The average molecular weight is 480 g/mol. The molecule has 2 saturated heterocycles. The zero-order valence-corrected chi connectivity index (χ0v) is 20.2. The SMILES string of the molecule is COc1c(N[C@@H]2CCCNC2)ncnc1-n1nc(Nc2ccc(N3CCN(C)CC3)cc2)nc1N. The monoisotopic (exact) mass is 479 g/mol. The number of piperidine rings is 1. The van der Waals surface area contributed by atoms with E-state index in [2.05, 4.69) is 65.0 Å². The molecule has 5 N–H and O–H groups in total. The Morgan fingerprint density at radius 3 is 2.63 bits per heavy atom. The van der Waals surface area contributed by atoms with Crippen molar-refractivity contribution in [2.45, 2.75) is 18.9 Å². The summed E-state index contributed by atoms with van der Waals surface area (Å²) >= 11 is 0. The first kappa shape index (κ1) is 23.1. The maximum absolute atomic E-state index is 6.21. The summed E-state index contributed by atoms with van der Waals surface area (Å²) in [5, 5.41) is 14.6. The molecule has 12 heteroatoms. The molecule has 0 bridgehead atoms. The molecule has 0 spiro atoms. The van der Waals surface area contributed by atoms with Gasteiger partial charge in [-0.2, -0.15) is 9.67 Å². The van der Waals surface area contributed by atoms with Gasteiger partial charge in [-0.05, 0) is 50.7 Å². The van der Waals surface area contributed by atoms with E-state index in [0.29, 0.717) is 23.3 Å². The number of rotatable bonds is 7. The Hall–Kier alpha value is -3.64. The summed E-state index contributed by atoms with van der Waals surface area (Å²) in [6.45, 7) is 6.11. The molecule has 1 atom stereocenters. The van der Waals surface area contributed by atoms with Crippen molar-refractivity contribution in [2.75, 3.05) is 74.7 Å². The van der Waals surface area contributed by atoms with Gasteiger partial charge in [-0.25, -0.2) is 9.97 Å². The molecule has 0 amide bonds. The second kappa shape index (κ2) is 10.3. The quantitative estimate of drug-likeness (QED) is 0.391. The molecule has 0 saturated carbocycles. The number of benzene rings is 1. The van der Waals surface area contributed by atoms with Crippen LogP contribution in [0.1, 0.15) is 12.8 Å². The molecule has 2 aliphatic rings. The molecule has 3 aromatic rings. The Morgan fingerprint density at radius 1 is 1.11 bits per heavy atom. The third-order valence-electron chi connectivity index (χ3n) is 6.45. The number of nitrogens with zero attached hydrogens (tertiary/aromatic N) is 7. The summed E-state index contributed by atoms with van der Waals surface area (Å²) < 4.78 is 7.12. The maximum Gasteiger partial charge on any atom is 0.248 e. The lowest BCUT2D eigenvalue weighted by Crippen LogP contribution is -2.44. The van der Waals surface area contributed by atoms with Crippen LogP contribution in [-0.4, -0.2) is 89.1 Å². The minimum absolute atomic E-state index is 0.198. The van der Waals surface area contributed by atoms with Crippen LogP contribution in [-0.2, 0) is 0 Å². The lowest BCUT2D eigenvalue weighted by Gasteiger charge is -2.34. The standard InChI is InChI=1S/C23H33N11O/c1-32-10-12-33(13-11-32)18-7-5-16(6-8-18)29-23-30-22(24)34(31-23)21-19(35-2)20(26-15-27-21)28-17-4-3-9-25-14-17/h5-8,15,17,25H,3-4,9-14H2,1-2H3,(H,26,27,28)(H3,24,29,30,31)/t17-/m1/s1. The summed E-state index contributed by atoms with van der Waals surface area (Å²) in [7, 11) is 3.74. The van der Waals surface area contributed by atoms with E-state index in [0.717, 1.165) is 57.8 Å². The molecule has 2 aliphatic heterocycles. The highest BCUT2D eigenvalue weighted by Gasteiger charge is 2.22. The Morgan fingerprint density at radius 2 is 1.91 bits per heavy atom. The summed E-state index contributed by atoms with van der Waals surface area (Å²) in [4.78, 5) is 17.9. The third-order valence-corrected chi connectivity index (χ3v) is 6.45. The molecular formula is C23H33N11O. The highest BCUT2D eigenvalue weighted by atomic mass is 16.5. The van der Waals surface area contributed by atoms with E-state index in [1.807, 2.05) is 12.1 Å². The topological polar surface area (TPSA) is 134 Å². The van der Waals surface area contributed by atoms with Crippen LogP contribution in [0.5, 0.6) is 5.75 Å². The van der Waals surface area contributed by atoms with Crippen LogP contribution in [0, 0.1) is 0 Å². The highest BCUT2D eigenvalue weighted by Crippen LogP contribution is 2.30. The molecule has 2 fully saturated rings. The van der Waals surface area contributed by atoms with Crippen molar-refractivity contribution in [3.8, 4) is 11.6 Å². The van der Waals surface area contributed by atoms with Gasteiger partial charge in [0, 0.05) is 50.1 Å². The van der Waals surface area contributed by atoms with Crippen molar-refractivity contribution in [2.24, 2.45) is 0 Å². The number of likely N-dealkylation sites (N-methyl/N-ethyl adjacent to an activating group) is 1. The summed E-state index contributed by atoms with van der Waals surface area (Å²) in [5.74, 6) is 2.08. The van der Waals surface area contributed by atoms with E-state index in [1.54, 1.807) is 7.11 Å². The van der Waals surface area contributed by atoms with Crippen LogP contribution in [0.15, 0.2) is 30.6 Å². The van der Waals surface area contributed by atoms with Gasteiger partial charge in [0.15, 0.2) is 5.82 Å². The van der Waals surface area contributed by atoms with E-state index < -0.39 is 0 Å². The number of methoxy groups -OCH3 is 1. The molecule has 12 nitrogen and oxygen atoms in total. The van der Waals surface area contributed by atoms with Gasteiger partial charge in [0.25, 0.3) is 0 Å². The smallest absolute Gasteiger partial charge is 0.248 e. The Bertz CT molecular complexity index is 1120. The number of nitrogens with one attached hydrogen (secondary N) is 3. The molecule has 0 unspecified atom stereocenters. The normalized spacial score (nSPS) is 18.9. The second-order valence-electron chi connectivity index (χ2n) is 8.93. The third kappa shape index (κ3) is 5.23. The fraction of sp³-hybridized carbons (Fsp3) is 0.478. The molecular weight excluding hydrogens is 446 g/mol. The summed E-state index contributed by atoms with van der Waals surface area (Å²) in [6, 6.07) is 8.53. The van der Waals surface area contributed by atoms with E-state index >= 15 is 0 Å². The molecule has 0 aliphatic carbocycles. The van der Waals surface area contributed by atoms with E-state index in [4.69, 9.17) is 10.5 Å². The number of nitrogen functional groups attached to an aromatic ring is 1. The van der Waals surface area contributed by atoms with Crippen molar-refractivity contribution in [3.63, 3.8) is 0 Å². The van der Waals surface area contributed by atoms with Crippen LogP contribution in [0.3, 0.4) is 0 Å². The van der Waals surface area contributed by atoms with Gasteiger partial charge in [-0.1, -0.05) is 0 Å². The van der Waals surface area contributed by atoms with Crippen LogP contribution in [0.25, 0.3) is 5.82 Å². The van der Waals surface area contributed by atoms with E-state index in [9.17, 15) is 0 Å². The van der Waals surface area contributed by atoms with Crippen molar-refractivity contribution in [1.82, 2.24) is 34.9 Å². The first-order valence-electron chi connectivity index (χ1n) is 12.0. The Labute approximate surface area is 204 Å². The number of aromatic nitrogens is 5. The molecule has 35 heavy (non-hydrogen) atoms. The summed E-state index contributed by atoms with van der Waals surface area (Å²) in [6.07, 6.45) is 3.64. The molecule has 1 aromatic carbocycles. The zero-order valence-electron chi connectivity index (χ0n) is 20.2. The Balaban J connectivity index is 1.32. The lowest BCUT2D eigenvalue weighted by molar-refractivity contribution is 0.313. The first-order chi connectivity index (χ1) is 17.1. The van der Waals surface area contributed by atoms with Crippen LogP contribution < -0.4 is 31.3 Å². The van der Waals surface area contributed by atoms with Crippen LogP contribution in [0.4, 0.5) is 29.1 Å². The number of anilines is 5. The van der Waals surface area contributed by atoms with Gasteiger partial charge in [0.1, 0.15) is 6.33 Å². The van der Waals surface area contributed by atoms with Crippen molar-refractivity contribution < 1.29 is 4.74 Å². The fourth-order valence-electron chi connectivity index (χ4n) is 4.46. The van der Waals surface area contributed by atoms with Gasteiger partial charge in [0.05, 0.1) is 7.11 Å². The number of piperazine rings is 1. The second-order valence-corrected chi connectivity index (χ2v) is 8.93. The van der Waals surface area contributed by atoms with Gasteiger partial charge in [-0.3, -0.25) is 0 Å². The van der Waals surface area contributed by atoms with E-state index in [1.165, 1.54) is 16.7 Å². The van der Waals surface area contributed by atoms with Crippen LogP contribution in [0.2, 0.25) is 0 Å². The fourth-order valence-corrected chi connectivity index (χ4v) is 4.46. The predicted octanol–water partition coefficient (Wildman–Crippen LogP) is 1.31. The minimum Gasteiger partial charge on any atom is -0.490 e. The molecule has 186 valence electrons. The molecule has 4 heterocycles. The minimum atomic E-state index is 0.198. The van der Waals surface area contributed by atoms with Crippen molar-refractivity contribution in [1.29, 1.82) is 0 Å². The number of hydrogen-bond donors (Lipinski definition) is 4. The maximum atomic E-state index is 6.21. The first-order valence-corrected chi connectivity index (χ1v) is 12.0. The van der Waals surface area contributed by atoms with E-state index in [-0.39, 0.29) is 12.0 Å². The number of nitrogens with two attached hydrogens (primary N) is 1. The largest absolute Gasteiger partial charge is 0.490 e. The number of ether oxygens (including phenoxy) is 1. The van der Waals surface area contributed by atoms with Crippen LogP contribution >= 0.6 is 0 Å². The molecule has 0 radical (unpaired) electrons. The van der Waals surface area contributed by atoms with Crippen molar-refractivity contribution >= 4 is 29.1 Å². The molecule has 2 aromatic heterocycles. The lowest BCUT2D eigenvalue weighted by atomic mass is 10.1. The molecule has 5 rings (SSSR count). The summed E-state index contributed by atoms with van der Waals surface area (Å²) in [5.41, 5.74) is 8.30. The Kier molecular flexibility index (Phi) is 6.82.